The van der Waals surface area contributed by atoms with Crippen molar-refractivity contribution in [3.8, 4) is 5.88 Å². The van der Waals surface area contributed by atoms with Gasteiger partial charge in [-0.15, -0.1) is 0 Å². The summed E-state index contributed by atoms with van der Waals surface area (Å²) in [5.74, 6) is 1.70. The van der Waals surface area contributed by atoms with Crippen molar-refractivity contribution in [2.24, 2.45) is 5.92 Å². The van der Waals surface area contributed by atoms with Gasteiger partial charge in [-0.25, -0.2) is 4.79 Å². The number of aromatic hydroxyl groups is 1. The van der Waals surface area contributed by atoms with E-state index in [2.05, 4.69) is 55.8 Å². The predicted octanol–water partition coefficient (Wildman–Crippen LogP) is 6.55. The zero-order valence-corrected chi connectivity index (χ0v) is 21.3. The van der Waals surface area contributed by atoms with Crippen molar-refractivity contribution >= 4 is 60.5 Å². The Hall–Kier alpha value is -4.85. The topological polar surface area (TPSA) is 97.4 Å². The zero-order valence-electron chi connectivity index (χ0n) is 21.3. The lowest BCUT2D eigenvalue weighted by Gasteiger charge is -2.18. The molecule has 5 heterocycles. The van der Waals surface area contributed by atoms with Crippen LogP contribution < -0.4 is 5.32 Å². The molecule has 1 amide bonds. The van der Waals surface area contributed by atoms with Crippen molar-refractivity contribution in [2.45, 2.75) is 26.6 Å². The zero-order chi connectivity index (χ0) is 26.2. The third kappa shape index (κ3) is 3.14. The normalized spacial score (nSPS) is 15.3. The number of aromatic nitrogens is 3. The molecule has 0 radical (unpaired) electrons. The number of benzene rings is 3. The Labute approximate surface area is 222 Å². The number of carbonyl (C=O) groups is 1. The minimum absolute atomic E-state index is 0.0292. The SMILES string of the molecule is Cc1ccc(CNC(=O)OCC2Cn3c4ccccc4c4c5c[nH]c(O)c5c5c6ccccc6n(c5c43)C2)o1. The van der Waals surface area contributed by atoms with Crippen LogP contribution in [0.2, 0.25) is 0 Å². The second kappa shape index (κ2) is 8.07. The van der Waals surface area contributed by atoms with Crippen molar-refractivity contribution in [3.05, 3.63) is 78.4 Å². The van der Waals surface area contributed by atoms with Crippen LogP contribution in [0.1, 0.15) is 11.5 Å². The number of hydrogen-bond donors (Lipinski definition) is 3. The number of nitrogens with zero attached hydrogens (tertiary/aromatic N) is 2. The van der Waals surface area contributed by atoms with Crippen LogP contribution in [0.3, 0.4) is 0 Å². The number of aryl methyl sites for hydroxylation is 1. The first-order chi connectivity index (χ1) is 19.1. The van der Waals surface area contributed by atoms with E-state index in [1.807, 2.05) is 37.4 Å². The summed E-state index contributed by atoms with van der Waals surface area (Å²) >= 11 is 0. The summed E-state index contributed by atoms with van der Waals surface area (Å²) in [7, 11) is 0. The number of alkyl carbamates (subject to hydrolysis) is 1. The molecule has 194 valence electrons. The maximum Gasteiger partial charge on any atom is 0.407 e. The maximum atomic E-state index is 12.6. The van der Waals surface area contributed by atoms with E-state index in [0.29, 0.717) is 18.8 Å². The van der Waals surface area contributed by atoms with E-state index in [0.717, 1.165) is 60.1 Å². The molecule has 0 spiro atoms. The van der Waals surface area contributed by atoms with E-state index < -0.39 is 6.09 Å². The first kappa shape index (κ1) is 22.2. The lowest BCUT2D eigenvalue weighted by molar-refractivity contribution is 0.118. The summed E-state index contributed by atoms with van der Waals surface area (Å²) < 4.78 is 16.0. The van der Waals surface area contributed by atoms with Crippen LogP contribution >= 0.6 is 0 Å². The number of carbonyl (C=O) groups excluding carboxylic acids is 1. The van der Waals surface area contributed by atoms with E-state index in [-0.39, 0.29) is 24.9 Å². The smallest absolute Gasteiger partial charge is 0.407 e. The highest BCUT2D eigenvalue weighted by atomic mass is 16.5. The van der Waals surface area contributed by atoms with Crippen molar-refractivity contribution in [1.29, 1.82) is 0 Å². The fourth-order valence-corrected chi connectivity index (χ4v) is 6.53. The van der Waals surface area contributed by atoms with Crippen molar-refractivity contribution in [1.82, 2.24) is 19.4 Å². The van der Waals surface area contributed by atoms with Gasteiger partial charge in [0.15, 0.2) is 5.88 Å². The molecule has 8 heteroatoms. The molecule has 1 aliphatic rings. The van der Waals surface area contributed by atoms with Gasteiger partial charge in [-0.05, 0) is 31.2 Å². The monoisotopic (exact) mass is 518 g/mol. The molecule has 3 N–H and O–H groups in total. The molecule has 1 unspecified atom stereocenters. The highest BCUT2D eigenvalue weighted by molar-refractivity contribution is 6.36. The Balaban J connectivity index is 1.28. The standard InChI is InChI=1S/C31H26N4O4/c1-17-10-11-19(39-17)12-33-31(37)38-16-18-14-34-23-8-4-2-6-20(23)25-22-13-32-30(36)27(22)26-21-7-3-5-9-24(21)35(15-18)29(26)28(25)34/h2-11,13,18,32,36H,12,14-16H2,1H3,(H,33,37). The molecular formula is C31H26N4O4. The number of ether oxygens (including phenoxy) is 1. The van der Waals surface area contributed by atoms with Crippen LogP contribution in [0, 0.1) is 12.8 Å². The summed E-state index contributed by atoms with van der Waals surface area (Å²) in [6.07, 6.45) is 1.45. The van der Waals surface area contributed by atoms with E-state index in [1.54, 1.807) is 0 Å². The number of hydrogen-bond acceptors (Lipinski definition) is 4. The molecule has 0 saturated heterocycles. The number of amides is 1. The molecule has 39 heavy (non-hydrogen) atoms. The van der Waals surface area contributed by atoms with Gasteiger partial charge in [-0.2, -0.15) is 0 Å². The van der Waals surface area contributed by atoms with E-state index in [4.69, 9.17) is 9.15 Å². The number of H-pyrrole nitrogens is 1. The molecule has 4 aromatic heterocycles. The van der Waals surface area contributed by atoms with Gasteiger partial charge in [-0.1, -0.05) is 36.4 Å². The fraction of sp³-hybridized carbons (Fsp3) is 0.194. The molecule has 8 rings (SSSR count). The maximum absolute atomic E-state index is 12.6. The minimum atomic E-state index is -0.463. The quantitative estimate of drug-likeness (QED) is 0.246. The molecular weight excluding hydrogens is 492 g/mol. The van der Waals surface area contributed by atoms with Gasteiger partial charge < -0.3 is 33.7 Å². The molecule has 1 atom stereocenters. The van der Waals surface area contributed by atoms with E-state index in [9.17, 15) is 9.90 Å². The van der Waals surface area contributed by atoms with Crippen LogP contribution in [-0.4, -0.2) is 31.9 Å². The molecule has 0 aliphatic carbocycles. The Kier molecular flexibility index (Phi) is 4.59. The Morgan fingerprint density at radius 2 is 1.62 bits per heavy atom. The first-order valence-corrected chi connectivity index (χ1v) is 13.2. The lowest BCUT2D eigenvalue weighted by Crippen LogP contribution is -2.28. The van der Waals surface area contributed by atoms with Gasteiger partial charge in [0.1, 0.15) is 11.5 Å². The largest absolute Gasteiger partial charge is 0.494 e. The van der Waals surface area contributed by atoms with Crippen LogP contribution in [0.25, 0.3) is 54.4 Å². The summed E-state index contributed by atoms with van der Waals surface area (Å²) in [6, 6.07) is 20.5. The second-order valence-corrected chi connectivity index (χ2v) is 10.5. The average molecular weight is 519 g/mol. The molecule has 1 aliphatic heterocycles. The highest BCUT2D eigenvalue weighted by Crippen LogP contribution is 2.48. The van der Waals surface area contributed by atoms with Crippen molar-refractivity contribution in [3.63, 3.8) is 0 Å². The average Bonchev–Trinajstić information content (AvgIpc) is 3.67. The van der Waals surface area contributed by atoms with Crippen molar-refractivity contribution < 1.29 is 19.1 Å². The van der Waals surface area contributed by atoms with Gasteiger partial charge in [0, 0.05) is 63.2 Å². The van der Waals surface area contributed by atoms with Gasteiger partial charge in [-0.3, -0.25) is 0 Å². The van der Waals surface area contributed by atoms with Crippen LogP contribution in [0.4, 0.5) is 4.79 Å². The summed E-state index contributed by atoms with van der Waals surface area (Å²) in [6.45, 7) is 3.80. The van der Waals surface area contributed by atoms with E-state index >= 15 is 0 Å². The van der Waals surface area contributed by atoms with Crippen LogP contribution in [-0.2, 0) is 24.4 Å². The van der Waals surface area contributed by atoms with Crippen LogP contribution in [0.15, 0.2) is 71.3 Å². The van der Waals surface area contributed by atoms with Gasteiger partial charge in [0.2, 0.25) is 0 Å². The number of furan rings is 1. The fourth-order valence-electron chi connectivity index (χ4n) is 6.53. The predicted molar refractivity (Wildman–Crippen MR) is 151 cm³/mol. The van der Waals surface area contributed by atoms with Crippen molar-refractivity contribution in [2.75, 3.05) is 6.61 Å². The molecule has 0 bridgehead atoms. The number of aromatic amines is 1. The molecule has 0 fully saturated rings. The number of fused-ring (bicyclic) bond motifs is 9. The van der Waals surface area contributed by atoms with Crippen LogP contribution in [0.5, 0.6) is 5.88 Å². The first-order valence-electron chi connectivity index (χ1n) is 13.2. The number of para-hydroxylation sites is 2. The molecule has 8 nitrogen and oxygen atoms in total. The summed E-state index contributed by atoms with van der Waals surface area (Å²) in [5.41, 5.74) is 4.48. The van der Waals surface area contributed by atoms with Gasteiger partial charge in [0.25, 0.3) is 0 Å². The second-order valence-electron chi connectivity index (χ2n) is 10.5. The van der Waals surface area contributed by atoms with E-state index in [1.165, 1.54) is 0 Å². The highest BCUT2D eigenvalue weighted by Gasteiger charge is 2.29. The lowest BCUT2D eigenvalue weighted by atomic mass is 10.0. The Morgan fingerprint density at radius 1 is 0.949 bits per heavy atom. The third-order valence-electron chi connectivity index (χ3n) is 8.08. The Bertz CT molecular complexity index is 2090. The summed E-state index contributed by atoms with van der Waals surface area (Å²) in [4.78, 5) is 15.7. The molecule has 7 aromatic rings. The third-order valence-corrected chi connectivity index (χ3v) is 8.08. The number of rotatable bonds is 4. The minimum Gasteiger partial charge on any atom is -0.494 e. The van der Waals surface area contributed by atoms with Gasteiger partial charge in [0.05, 0.1) is 29.6 Å². The number of nitrogens with one attached hydrogen (secondary N) is 2. The molecule has 0 saturated carbocycles. The summed E-state index contributed by atoms with van der Waals surface area (Å²) in [5, 5.41) is 20.1. The molecule has 3 aromatic carbocycles. The Morgan fingerprint density at radius 3 is 2.31 bits per heavy atom. The van der Waals surface area contributed by atoms with Gasteiger partial charge >= 0.3 is 6.09 Å².